The van der Waals surface area contributed by atoms with Crippen LogP contribution in [-0.2, 0) is 0 Å². The van der Waals surface area contributed by atoms with E-state index in [1.807, 2.05) is 24.9 Å². The summed E-state index contributed by atoms with van der Waals surface area (Å²) in [5.74, 6) is 0.0966. The highest BCUT2D eigenvalue weighted by Crippen LogP contribution is 2.26. The third-order valence-electron chi connectivity index (χ3n) is 3.84. The van der Waals surface area contributed by atoms with Gasteiger partial charge in [-0.05, 0) is 44.9 Å². The smallest absolute Gasteiger partial charge is 0.264 e. The van der Waals surface area contributed by atoms with Gasteiger partial charge in [-0.3, -0.25) is 4.79 Å². The van der Waals surface area contributed by atoms with E-state index in [2.05, 4.69) is 45.0 Å². The minimum atomic E-state index is 0.0748. The van der Waals surface area contributed by atoms with Crippen LogP contribution >= 0.6 is 11.3 Å². The number of hydrogen-bond donors (Lipinski definition) is 0. The van der Waals surface area contributed by atoms with Gasteiger partial charge in [-0.25, -0.2) is 0 Å². The molecule has 0 aliphatic rings. The van der Waals surface area contributed by atoms with Crippen molar-refractivity contribution in [2.75, 3.05) is 7.05 Å². The number of benzene rings is 1. The normalized spacial score (nSPS) is 12.2. The topological polar surface area (TPSA) is 20.3 Å². The molecule has 2 rings (SSSR count). The summed E-state index contributed by atoms with van der Waals surface area (Å²) in [6.45, 7) is 8.24. The number of amides is 1. The molecule has 0 aliphatic heterocycles. The van der Waals surface area contributed by atoms with Gasteiger partial charge in [0.2, 0.25) is 0 Å². The van der Waals surface area contributed by atoms with Crippen LogP contribution in [0.15, 0.2) is 30.3 Å². The van der Waals surface area contributed by atoms with Gasteiger partial charge in [0, 0.05) is 11.9 Å². The first-order chi connectivity index (χ1) is 9.40. The summed E-state index contributed by atoms with van der Waals surface area (Å²) in [7, 11) is 1.87. The van der Waals surface area contributed by atoms with E-state index in [1.54, 1.807) is 11.3 Å². The lowest BCUT2D eigenvalue weighted by atomic mass is 10.1. The minimum Gasteiger partial charge on any atom is -0.334 e. The van der Waals surface area contributed by atoms with Crippen molar-refractivity contribution in [2.24, 2.45) is 0 Å². The average molecular weight is 287 g/mol. The quantitative estimate of drug-likeness (QED) is 0.813. The predicted octanol–water partition coefficient (Wildman–Crippen LogP) is 4.51. The van der Waals surface area contributed by atoms with Gasteiger partial charge >= 0.3 is 0 Å². The summed E-state index contributed by atoms with van der Waals surface area (Å²) in [5.41, 5.74) is 3.59. The monoisotopic (exact) mass is 287 g/mol. The van der Waals surface area contributed by atoms with Crippen molar-refractivity contribution in [3.63, 3.8) is 0 Å². The molecule has 2 nitrogen and oxygen atoms in total. The Morgan fingerprint density at radius 3 is 2.25 bits per heavy atom. The fourth-order valence-electron chi connectivity index (χ4n) is 2.10. The maximum Gasteiger partial charge on any atom is 0.264 e. The van der Waals surface area contributed by atoms with Gasteiger partial charge in [0.15, 0.2) is 0 Å². The van der Waals surface area contributed by atoms with Crippen molar-refractivity contribution < 1.29 is 4.79 Å². The van der Waals surface area contributed by atoms with E-state index in [0.717, 1.165) is 10.4 Å². The molecule has 0 aliphatic carbocycles. The predicted molar refractivity (Wildman–Crippen MR) is 85.5 cm³/mol. The van der Waals surface area contributed by atoms with Crippen molar-refractivity contribution in [1.29, 1.82) is 0 Å². The first kappa shape index (κ1) is 14.8. The zero-order valence-corrected chi connectivity index (χ0v) is 13.5. The van der Waals surface area contributed by atoms with Crippen LogP contribution in [0.2, 0.25) is 0 Å². The number of carbonyl (C=O) groups excluding carboxylic acids is 1. The van der Waals surface area contributed by atoms with E-state index < -0.39 is 0 Å². The van der Waals surface area contributed by atoms with Gasteiger partial charge < -0.3 is 4.90 Å². The summed E-state index contributed by atoms with van der Waals surface area (Å²) < 4.78 is 0. The van der Waals surface area contributed by atoms with Crippen LogP contribution in [0, 0.1) is 20.8 Å². The fraction of sp³-hybridized carbons (Fsp3) is 0.353. The van der Waals surface area contributed by atoms with E-state index in [0.29, 0.717) is 0 Å². The average Bonchev–Trinajstić information content (AvgIpc) is 2.77. The molecule has 1 unspecified atom stereocenters. The lowest BCUT2D eigenvalue weighted by molar-refractivity contribution is 0.0747. The largest absolute Gasteiger partial charge is 0.334 e. The molecule has 20 heavy (non-hydrogen) atoms. The number of rotatable bonds is 3. The van der Waals surface area contributed by atoms with E-state index in [-0.39, 0.29) is 11.9 Å². The van der Waals surface area contributed by atoms with E-state index in [9.17, 15) is 4.79 Å². The Kier molecular flexibility index (Phi) is 4.29. The SMILES string of the molecule is Cc1ccc(C(C)N(C)C(=O)c2cc(C)c(C)s2)cc1. The zero-order chi connectivity index (χ0) is 14.9. The standard InChI is InChI=1S/C17H21NOS/c1-11-6-8-15(9-7-11)13(3)18(5)17(19)16-10-12(2)14(4)20-16/h6-10,13H,1-5H3. The summed E-state index contributed by atoms with van der Waals surface area (Å²) in [4.78, 5) is 16.4. The molecule has 0 spiro atoms. The molecule has 0 radical (unpaired) electrons. The summed E-state index contributed by atoms with van der Waals surface area (Å²) in [5, 5.41) is 0. The van der Waals surface area contributed by atoms with Crippen LogP contribution in [0.4, 0.5) is 0 Å². The third kappa shape index (κ3) is 2.93. The molecule has 1 aromatic heterocycles. The van der Waals surface area contributed by atoms with Gasteiger partial charge in [-0.1, -0.05) is 29.8 Å². The van der Waals surface area contributed by atoms with E-state index in [1.165, 1.54) is 16.0 Å². The molecular weight excluding hydrogens is 266 g/mol. The Hall–Kier alpha value is -1.61. The lowest BCUT2D eigenvalue weighted by Crippen LogP contribution is -2.29. The van der Waals surface area contributed by atoms with Gasteiger partial charge in [-0.15, -0.1) is 11.3 Å². The van der Waals surface area contributed by atoms with Crippen LogP contribution in [0.1, 0.15) is 44.2 Å². The van der Waals surface area contributed by atoms with E-state index >= 15 is 0 Å². The Morgan fingerprint density at radius 1 is 1.15 bits per heavy atom. The molecule has 0 N–H and O–H groups in total. The molecule has 2 aromatic rings. The van der Waals surface area contributed by atoms with Crippen LogP contribution in [0.5, 0.6) is 0 Å². The first-order valence-electron chi connectivity index (χ1n) is 6.81. The highest BCUT2D eigenvalue weighted by Gasteiger charge is 2.20. The number of nitrogens with zero attached hydrogens (tertiary/aromatic N) is 1. The molecule has 1 aromatic carbocycles. The van der Waals surface area contributed by atoms with Crippen molar-refractivity contribution in [3.05, 3.63) is 56.8 Å². The molecule has 0 bridgehead atoms. The van der Waals surface area contributed by atoms with Gasteiger partial charge in [0.05, 0.1) is 10.9 Å². The molecule has 1 amide bonds. The van der Waals surface area contributed by atoms with Crippen molar-refractivity contribution >= 4 is 17.2 Å². The van der Waals surface area contributed by atoms with Gasteiger partial charge in [0.25, 0.3) is 5.91 Å². The maximum atomic E-state index is 12.5. The summed E-state index contributed by atoms with van der Waals surface area (Å²) >= 11 is 1.57. The number of aryl methyl sites for hydroxylation is 3. The first-order valence-corrected chi connectivity index (χ1v) is 7.62. The molecular formula is C17H21NOS. The molecule has 3 heteroatoms. The molecule has 106 valence electrons. The second-order valence-electron chi connectivity index (χ2n) is 5.35. The summed E-state index contributed by atoms with van der Waals surface area (Å²) in [6, 6.07) is 10.4. The molecule has 1 heterocycles. The zero-order valence-electron chi connectivity index (χ0n) is 12.7. The van der Waals surface area contributed by atoms with Crippen molar-refractivity contribution in [2.45, 2.75) is 33.7 Å². The Bertz CT molecular complexity index is 593. The molecule has 0 fully saturated rings. The fourth-order valence-corrected chi connectivity index (χ4v) is 3.11. The highest BCUT2D eigenvalue weighted by atomic mass is 32.1. The van der Waals surface area contributed by atoms with Crippen molar-refractivity contribution in [3.8, 4) is 0 Å². The van der Waals surface area contributed by atoms with Crippen LogP contribution < -0.4 is 0 Å². The van der Waals surface area contributed by atoms with Crippen LogP contribution in [0.25, 0.3) is 0 Å². The Morgan fingerprint density at radius 2 is 1.75 bits per heavy atom. The van der Waals surface area contributed by atoms with Crippen LogP contribution in [0.3, 0.4) is 0 Å². The van der Waals surface area contributed by atoms with Gasteiger partial charge in [-0.2, -0.15) is 0 Å². The number of carbonyl (C=O) groups is 1. The maximum absolute atomic E-state index is 12.5. The van der Waals surface area contributed by atoms with Gasteiger partial charge in [0.1, 0.15) is 0 Å². The lowest BCUT2D eigenvalue weighted by Gasteiger charge is -2.25. The van der Waals surface area contributed by atoms with Crippen molar-refractivity contribution in [1.82, 2.24) is 4.90 Å². The Balaban J connectivity index is 2.19. The van der Waals surface area contributed by atoms with Crippen LogP contribution in [-0.4, -0.2) is 17.9 Å². The Labute approximate surface area is 125 Å². The second-order valence-corrected chi connectivity index (χ2v) is 6.61. The number of thiophene rings is 1. The molecule has 0 saturated heterocycles. The summed E-state index contributed by atoms with van der Waals surface area (Å²) in [6.07, 6.45) is 0. The third-order valence-corrected chi connectivity index (χ3v) is 4.98. The molecule has 1 atom stereocenters. The second kappa shape index (κ2) is 5.80. The molecule has 0 saturated carbocycles. The van der Waals surface area contributed by atoms with E-state index in [4.69, 9.17) is 0 Å². The minimum absolute atomic E-state index is 0.0748. The number of hydrogen-bond acceptors (Lipinski definition) is 2. The highest BCUT2D eigenvalue weighted by molar-refractivity contribution is 7.14.